The van der Waals surface area contributed by atoms with Crippen molar-refractivity contribution in [3.05, 3.63) is 34.4 Å². The second kappa shape index (κ2) is 7.11. The van der Waals surface area contributed by atoms with Gasteiger partial charge in [0.05, 0.1) is 0 Å². The third-order valence-electron chi connectivity index (χ3n) is 4.32. The molecule has 0 saturated heterocycles. The maximum atomic E-state index is 13.8. The zero-order valence-corrected chi connectivity index (χ0v) is 14.1. The number of fused-ring (bicyclic) bond motifs is 1. The van der Waals surface area contributed by atoms with E-state index in [0.29, 0.717) is 12.5 Å². The summed E-state index contributed by atoms with van der Waals surface area (Å²) in [5.74, 6) is -0.302. The van der Waals surface area contributed by atoms with Crippen LogP contribution < -0.4 is 0 Å². The molecule has 2 rings (SSSR count). The summed E-state index contributed by atoms with van der Waals surface area (Å²) in [6, 6.07) is 0.704. The Morgan fingerprint density at radius 2 is 1.65 bits per heavy atom. The zero-order valence-electron chi connectivity index (χ0n) is 14.1. The Kier molecular flexibility index (Phi) is 5.63. The van der Waals surface area contributed by atoms with Crippen molar-refractivity contribution in [1.29, 1.82) is 0 Å². The molecule has 1 aromatic carbocycles. The Bertz CT molecular complexity index is 677. The molecule has 9 heteroatoms. The highest BCUT2D eigenvalue weighted by Crippen LogP contribution is 2.56. The van der Waals surface area contributed by atoms with E-state index in [-0.39, 0.29) is 35.3 Å². The molecule has 0 radical (unpaired) electrons. The first-order valence-corrected chi connectivity index (χ1v) is 7.78. The van der Waals surface area contributed by atoms with Crippen molar-refractivity contribution in [2.24, 2.45) is 0 Å². The van der Waals surface area contributed by atoms with Gasteiger partial charge >= 0.3 is 12.4 Å². The lowest BCUT2D eigenvalue weighted by atomic mass is 9.84. The van der Waals surface area contributed by atoms with Crippen molar-refractivity contribution in [3.63, 3.8) is 0 Å². The number of alkyl halides is 6. The molecule has 0 aliphatic heterocycles. The fraction of sp³-hybridized carbons (Fsp3) is 0.529. The molecular formula is C17H18F6O3. The monoisotopic (exact) mass is 384 g/mol. The first kappa shape index (κ1) is 20.6. The van der Waals surface area contributed by atoms with Crippen LogP contribution in [0.25, 0.3) is 6.08 Å². The molecule has 1 aromatic rings. The minimum atomic E-state index is -5.79. The van der Waals surface area contributed by atoms with E-state index in [1.54, 1.807) is 0 Å². The molecule has 146 valence electrons. The van der Waals surface area contributed by atoms with Crippen LogP contribution in [0.5, 0.6) is 5.75 Å². The molecule has 1 N–H and O–H groups in total. The summed E-state index contributed by atoms with van der Waals surface area (Å²) in [7, 11) is 0.935. The van der Waals surface area contributed by atoms with Crippen LogP contribution in [0.3, 0.4) is 0 Å². The molecule has 0 aromatic heterocycles. The van der Waals surface area contributed by atoms with Crippen molar-refractivity contribution < 1.29 is 40.9 Å². The number of phenolic OH excluding ortho intramolecular Hbond substituents is 1. The van der Waals surface area contributed by atoms with Crippen molar-refractivity contribution >= 4 is 6.08 Å². The van der Waals surface area contributed by atoms with E-state index in [4.69, 9.17) is 0 Å². The third kappa shape index (κ3) is 3.18. The van der Waals surface area contributed by atoms with E-state index >= 15 is 0 Å². The number of allylic oxidation sites excluding steroid dienone is 1. The fourth-order valence-electron chi connectivity index (χ4n) is 3.26. The Balaban J connectivity index is 2.89. The van der Waals surface area contributed by atoms with Crippen LogP contribution in [0.4, 0.5) is 26.3 Å². The Morgan fingerprint density at radius 3 is 2.15 bits per heavy atom. The quantitative estimate of drug-likeness (QED) is 0.582. The molecule has 1 aliphatic rings. The Morgan fingerprint density at radius 1 is 1.08 bits per heavy atom. The molecule has 0 saturated carbocycles. The van der Waals surface area contributed by atoms with Gasteiger partial charge in [0.25, 0.3) is 5.60 Å². The largest absolute Gasteiger partial charge is 0.507 e. The molecular weight excluding hydrogens is 366 g/mol. The van der Waals surface area contributed by atoms with Gasteiger partial charge in [-0.2, -0.15) is 26.3 Å². The lowest BCUT2D eigenvalue weighted by molar-refractivity contribution is -0.400. The zero-order chi connectivity index (χ0) is 19.8. The van der Waals surface area contributed by atoms with Crippen LogP contribution in [-0.2, 0) is 27.9 Å². The minimum absolute atomic E-state index is 0.0153. The van der Waals surface area contributed by atoms with Gasteiger partial charge in [0, 0.05) is 18.2 Å². The topological polar surface area (TPSA) is 38.7 Å². The number of methoxy groups -OCH3 is 1. The summed E-state index contributed by atoms with van der Waals surface area (Å²) < 4.78 is 91.4. The van der Waals surface area contributed by atoms with Gasteiger partial charge in [-0.15, -0.1) is 0 Å². The molecule has 3 nitrogen and oxygen atoms in total. The van der Waals surface area contributed by atoms with Gasteiger partial charge in [-0.3, -0.25) is 0 Å². The summed E-state index contributed by atoms with van der Waals surface area (Å²) in [5, 5.41) is 10.2. The van der Waals surface area contributed by atoms with E-state index in [1.165, 1.54) is 19.1 Å². The molecule has 26 heavy (non-hydrogen) atoms. The first-order chi connectivity index (χ1) is 12.0. The number of phenols is 1. The second-order valence-corrected chi connectivity index (χ2v) is 5.90. The summed E-state index contributed by atoms with van der Waals surface area (Å²) in [6.07, 6.45) is -8.39. The normalized spacial score (nSPS) is 15.7. The number of benzene rings is 1. The molecule has 0 amide bonds. The number of halogens is 6. The van der Waals surface area contributed by atoms with E-state index in [9.17, 15) is 31.4 Å². The highest BCUT2D eigenvalue weighted by Gasteiger charge is 2.74. The summed E-state index contributed by atoms with van der Waals surface area (Å²) in [6.45, 7) is 0.335. The van der Waals surface area contributed by atoms with Gasteiger partial charge in [-0.05, 0) is 43.4 Å². The smallest absolute Gasteiger partial charge is 0.430 e. The molecule has 0 fully saturated rings. The van der Waals surface area contributed by atoms with E-state index in [0.717, 1.165) is 7.11 Å². The minimum Gasteiger partial charge on any atom is -0.507 e. The number of ether oxygens (including phenoxy) is 2. The van der Waals surface area contributed by atoms with Gasteiger partial charge in [0.2, 0.25) is 0 Å². The lowest BCUT2D eigenvalue weighted by Crippen LogP contribution is -2.56. The van der Waals surface area contributed by atoms with E-state index in [2.05, 4.69) is 9.47 Å². The molecule has 0 spiro atoms. The molecule has 0 heterocycles. The van der Waals surface area contributed by atoms with Crippen LogP contribution in [0, 0.1) is 0 Å². The van der Waals surface area contributed by atoms with Crippen LogP contribution in [0.1, 0.15) is 35.6 Å². The Labute approximate surface area is 146 Å². The van der Waals surface area contributed by atoms with Crippen LogP contribution in [0.15, 0.2) is 12.1 Å². The lowest BCUT2D eigenvalue weighted by Gasteiger charge is -2.38. The van der Waals surface area contributed by atoms with Gasteiger partial charge in [0.15, 0.2) is 0 Å². The van der Waals surface area contributed by atoms with Gasteiger partial charge in [0.1, 0.15) is 12.5 Å². The Hall–Kier alpha value is -1.74. The molecule has 0 atom stereocenters. The number of rotatable bonds is 5. The predicted octanol–water partition coefficient (Wildman–Crippen LogP) is 4.85. The maximum Gasteiger partial charge on any atom is 0.430 e. The van der Waals surface area contributed by atoms with Crippen LogP contribution in [0.2, 0.25) is 0 Å². The van der Waals surface area contributed by atoms with Gasteiger partial charge < -0.3 is 14.6 Å². The van der Waals surface area contributed by atoms with Crippen molar-refractivity contribution in [2.45, 2.75) is 44.1 Å². The van der Waals surface area contributed by atoms with Gasteiger partial charge in [-0.1, -0.05) is 12.2 Å². The molecule has 0 unspecified atom stereocenters. The van der Waals surface area contributed by atoms with E-state index < -0.39 is 30.3 Å². The fourth-order valence-corrected chi connectivity index (χ4v) is 3.26. The standard InChI is InChI=1S/C17H18F6O3/c1-3-5-10-8-13(11-6-4-7-12(11)14(10)24)15(16(18,19)20,17(21,22)23)26-9-25-2/h3,5,8,24H,4,6-7,9H2,1-2H3. The number of hydrogen-bond donors (Lipinski definition) is 1. The van der Waals surface area contributed by atoms with Crippen LogP contribution >= 0.6 is 0 Å². The third-order valence-corrected chi connectivity index (χ3v) is 4.32. The summed E-state index contributed by atoms with van der Waals surface area (Å²) in [5.41, 5.74) is -5.81. The summed E-state index contributed by atoms with van der Waals surface area (Å²) >= 11 is 0. The second-order valence-electron chi connectivity index (χ2n) is 5.90. The van der Waals surface area contributed by atoms with Gasteiger partial charge in [-0.25, -0.2) is 0 Å². The molecule has 0 bridgehead atoms. The number of aromatic hydroxyl groups is 1. The van der Waals surface area contributed by atoms with Crippen molar-refractivity contribution in [1.82, 2.24) is 0 Å². The average Bonchev–Trinajstić information content (AvgIpc) is 2.99. The van der Waals surface area contributed by atoms with E-state index in [1.807, 2.05) is 0 Å². The summed E-state index contributed by atoms with van der Waals surface area (Å²) in [4.78, 5) is 0. The van der Waals surface area contributed by atoms with Crippen LogP contribution in [-0.4, -0.2) is 31.4 Å². The SMILES string of the molecule is CC=Cc1cc(C(OCOC)(C(F)(F)F)C(F)(F)F)c2c(c1O)CCC2. The highest BCUT2D eigenvalue weighted by atomic mass is 19.4. The maximum absolute atomic E-state index is 13.8. The average molecular weight is 384 g/mol. The molecule has 1 aliphatic carbocycles. The highest BCUT2D eigenvalue weighted by molar-refractivity contribution is 5.65. The van der Waals surface area contributed by atoms with Crippen molar-refractivity contribution in [2.75, 3.05) is 13.9 Å². The number of hydrogen-bond acceptors (Lipinski definition) is 3. The van der Waals surface area contributed by atoms with Crippen molar-refractivity contribution in [3.8, 4) is 5.75 Å². The first-order valence-electron chi connectivity index (χ1n) is 7.78. The predicted molar refractivity (Wildman–Crippen MR) is 81.6 cm³/mol.